The lowest BCUT2D eigenvalue weighted by Crippen LogP contribution is -2.68. The minimum absolute atomic E-state index is 0.0386. The van der Waals surface area contributed by atoms with Crippen LogP contribution in [0.2, 0.25) is 0 Å². The van der Waals surface area contributed by atoms with E-state index in [0.29, 0.717) is 19.3 Å². The quantitative estimate of drug-likeness (QED) is 0.622. The maximum atomic E-state index is 12.4. The molecule has 0 aliphatic heterocycles. The predicted molar refractivity (Wildman–Crippen MR) is 100 cm³/mol. The lowest BCUT2D eigenvalue weighted by atomic mass is 9.45. The predicted octanol–water partition coefficient (Wildman–Crippen LogP) is 1.92. The fourth-order valence-corrected chi connectivity index (χ4v) is 7.33. The molecule has 4 aliphatic carbocycles. The zero-order valence-corrected chi connectivity index (χ0v) is 16.5. The molecule has 0 amide bonds. The number of aliphatic hydroxyl groups is 3. The van der Waals surface area contributed by atoms with Gasteiger partial charge in [-0.05, 0) is 56.1 Å². The second-order valence-electron chi connectivity index (χ2n) is 9.24. The maximum Gasteiger partial charge on any atom is 0.190 e. The van der Waals surface area contributed by atoms with Gasteiger partial charge in [0.15, 0.2) is 11.6 Å². The average Bonchev–Trinajstić information content (AvgIpc) is 2.88. The number of halogens is 1. The second kappa shape index (κ2) is 5.76. The number of alkyl halides is 1. The number of Topliss-reactive ketones (excluding diaryl/α,β-unsaturated/α-hetero) is 1. The van der Waals surface area contributed by atoms with Crippen LogP contribution in [0.25, 0.3) is 0 Å². The Balaban J connectivity index is 1.81. The normalized spacial score (nSPS) is 51.3. The smallest absolute Gasteiger partial charge is 0.190 e. The number of aliphatic hydroxyl groups excluding tert-OH is 2. The van der Waals surface area contributed by atoms with E-state index in [4.69, 9.17) is 11.6 Å². The van der Waals surface area contributed by atoms with Crippen molar-refractivity contribution in [3.8, 4) is 0 Å². The van der Waals surface area contributed by atoms with Gasteiger partial charge in [-0.3, -0.25) is 9.59 Å². The summed E-state index contributed by atoms with van der Waals surface area (Å²) in [6, 6.07) is 0. The van der Waals surface area contributed by atoms with E-state index in [9.17, 15) is 24.9 Å². The molecule has 0 saturated heterocycles. The van der Waals surface area contributed by atoms with Gasteiger partial charge in [0.1, 0.15) is 12.2 Å². The minimum Gasteiger partial charge on any atom is -0.391 e. The van der Waals surface area contributed by atoms with E-state index in [1.165, 1.54) is 6.08 Å². The van der Waals surface area contributed by atoms with Gasteiger partial charge in [-0.15, -0.1) is 11.6 Å². The van der Waals surface area contributed by atoms with Crippen LogP contribution in [0.15, 0.2) is 23.8 Å². The zero-order chi connectivity index (χ0) is 19.8. The third kappa shape index (κ3) is 2.12. The topological polar surface area (TPSA) is 94.8 Å². The molecule has 5 nitrogen and oxygen atoms in total. The van der Waals surface area contributed by atoms with Crippen molar-refractivity contribution in [2.45, 2.75) is 62.5 Å². The van der Waals surface area contributed by atoms with Crippen LogP contribution in [0.4, 0.5) is 0 Å². The van der Waals surface area contributed by atoms with Gasteiger partial charge in [0.2, 0.25) is 0 Å². The molecular formula is C21H27ClO5. The van der Waals surface area contributed by atoms with Crippen molar-refractivity contribution in [1.29, 1.82) is 0 Å². The monoisotopic (exact) mass is 394 g/mol. The number of allylic oxidation sites excluding steroid dienone is 4. The summed E-state index contributed by atoms with van der Waals surface area (Å²) in [4.78, 5) is 23.3. The van der Waals surface area contributed by atoms with E-state index in [1.807, 2.05) is 19.9 Å². The highest BCUT2D eigenvalue weighted by Gasteiger charge is 2.72. The van der Waals surface area contributed by atoms with E-state index < -0.39 is 39.8 Å². The lowest BCUT2D eigenvalue weighted by molar-refractivity contribution is -0.174. The van der Waals surface area contributed by atoms with Crippen molar-refractivity contribution in [3.05, 3.63) is 23.8 Å². The number of carbonyl (C=O) groups excluding carboxylic acids is 2. The van der Waals surface area contributed by atoms with Gasteiger partial charge in [0, 0.05) is 10.8 Å². The Labute approximate surface area is 164 Å². The molecule has 3 fully saturated rings. The molecule has 1 unspecified atom stereocenters. The van der Waals surface area contributed by atoms with Crippen LogP contribution >= 0.6 is 11.6 Å². The molecule has 4 rings (SSSR count). The molecule has 0 aromatic carbocycles. The molecule has 3 saturated carbocycles. The lowest BCUT2D eigenvalue weighted by Gasteiger charge is -2.63. The van der Waals surface area contributed by atoms with E-state index in [0.717, 1.165) is 5.57 Å². The van der Waals surface area contributed by atoms with Crippen LogP contribution in [-0.2, 0) is 9.59 Å². The van der Waals surface area contributed by atoms with Gasteiger partial charge < -0.3 is 15.3 Å². The summed E-state index contributed by atoms with van der Waals surface area (Å²) in [7, 11) is 0. The van der Waals surface area contributed by atoms with Gasteiger partial charge in [-0.2, -0.15) is 0 Å². The highest BCUT2D eigenvalue weighted by Crippen LogP contribution is 2.70. The Morgan fingerprint density at radius 2 is 2.00 bits per heavy atom. The summed E-state index contributed by atoms with van der Waals surface area (Å²) >= 11 is 7.26. The van der Waals surface area contributed by atoms with Crippen LogP contribution in [0.3, 0.4) is 0 Å². The highest BCUT2D eigenvalue weighted by atomic mass is 35.5. The minimum atomic E-state index is -1.64. The van der Waals surface area contributed by atoms with E-state index >= 15 is 0 Å². The molecule has 27 heavy (non-hydrogen) atoms. The Bertz CT molecular complexity index is 775. The van der Waals surface area contributed by atoms with Crippen LogP contribution in [-0.4, -0.2) is 50.1 Å². The van der Waals surface area contributed by atoms with Crippen LogP contribution in [0.5, 0.6) is 0 Å². The molecular weight excluding hydrogens is 368 g/mol. The van der Waals surface area contributed by atoms with Crippen molar-refractivity contribution in [2.75, 3.05) is 6.61 Å². The van der Waals surface area contributed by atoms with Crippen LogP contribution in [0, 0.1) is 22.7 Å². The first-order valence-corrected chi connectivity index (χ1v) is 10.1. The largest absolute Gasteiger partial charge is 0.391 e. The Kier molecular flexibility index (Phi) is 4.12. The van der Waals surface area contributed by atoms with Crippen LogP contribution < -0.4 is 0 Å². The molecule has 7 atom stereocenters. The number of hydrogen-bond acceptors (Lipinski definition) is 5. The zero-order valence-electron chi connectivity index (χ0n) is 15.7. The summed E-state index contributed by atoms with van der Waals surface area (Å²) in [5, 5.41) is 31.9. The van der Waals surface area contributed by atoms with Crippen molar-refractivity contribution < 1.29 is 24.9 Å². The number of ketones is 2. The molecule has 0 heterocycles. The summed E-state index contributed by atoms with van der Waals surface area (Å²) in [5.41, 5.74) is -2.17. The number of rotatable bonds is 2. The van der Waals surface area contributed by atoms with Crippen molar-refractivity contribution in [2.24, 2.45) is 22.7 Å². The number of carbonyl (C=O) groups is 2. The molecule has 6 heteroatoms. The summed E-state index contributed by atoms with van der Waals surface area (Å²) in [5.74, 6) is -0.774. The van der Waals surface area contributed by atoms with Gasteiger partial charge in [0.25, 0.3) is 0 Å². The van der Waals surface area contributed by atoms with Gasteiger partial charge in [-0.25, -0.2) is 0 Å². The molecule has 0 radical (unpaired) electrons. The Hall–Kier alpha value is -1.01. The van der Waals surface area contributed by atoms with E-state index in [-0.39, 0.29) is 30.5 Å². The van der Waals surface area contributed by atoms with Gasteiger partial charge in [-0.1, -0.05) is 25.5 Å². The van der Waals surface area contributed by atoms with Crippen molar-refractivity contribution >= 4 is 23.2 Å². The van der Waals surface area contributed by atoms with E-state index in [1.54, 1.807) is 6.08 Å². The third-order valence-corrected chi connectivity index (χ3v) is 9.32. The number of fused-ring (bicyclic) bond motifs is 5. The molecule has 0 aromatic heterocycles. The first-order valence-electron chi connectivity index (χ1n) is 9.72. The standard InChI is InChI=1S/C21H27ClO5/c1-18-7-5-13(24)9-12(18)3-4-15-14-6-8-20(27,17(26)11-23)19(14,2)10-16(25)21(15,18)22/h5,7,9,14-16,23,25,27H,3-4,6,8,10-11H2,1-2H3/t14-,15-,16?,18-,19-,20-,21-/m0/s1. The average molecular weight is 395 g/mol. The molecule has 148 valence electrons. The third-order valence-electron chi connectivity index (χ3n) is 8.40. The van der Waals surface area contributed by atoms with E-state index in [2.05, 4.69) is 0 Å². The molecule has 0 spiro atoms. The molecule has 4 aliphatic rings. The van der Waals surface area contributed by atoms with Crippen molar-refractivity contribution in [3.63, 3.8) is 0 Å². The summed E-state index contributed by atoms with van der Waals surface area (Å²) in [6.07, 6.45) is 6.54. The fraction of sp³-hybridized carbons (Fsp3) is 0.714. The Morgan fingerprint density at radius 1 is 1.30 bits per heavy atom. The highest BCUT2D eigenvalue weighted by molar-refractivity contribution is 6.26. The van der Waals surface area contributed by atoms with Gasteiger partial charge >= 0.3 is 0 Å². The SMILES string of the molecule is C[C@]12C=CC(=O)C=C1CC[C@H]1[C@@H]3CC[C@](O)(C(=O)CO)[C@@]3(C)CC(O)[C@@]12Cl. The van der Waals surface area contributed by atoms with Crippen molar-refractivity contribution in [1.82, 2.24) is 0 Å². The van der Waals surface area contributed by atoms with Crippen LogP contribution in [0.1, 0.15) is 46.0 Å². The maximum absolute atomic E-state index is 12.4. The first-order chi connectivity index (χ1) is 12.5. The van der Waals surface area contributed by atoms with Gasteiger partial charge in [0.05, 0.1) is 11.0 Å². The fourth-order valence-electron chi connectivity index (χ4n) is 6.80. The summed E-state index contributed by atoms with van der Waals surface area (Å²) in [6.45, 7) is 3.12. The Morgan fingerprint density at radius 3 is 2.67 bits per heavy atom. The number of hydrogen-bond donors (Lipinski definition) is 3. The first kappa shape index (κ1) is 19.3. The summed E-state index contributed by atoms with van der Waals surface area (Å²) < 4.78 is 0. The molecule has 3 N–H and O–H groups in total. The second-order valence-corrected chi connectivity index (χ2v) is 9.87. The molecule has 0 bridgehead atoms. The molecule has 0 aromatic rings.